The SMILES string of the molecule is CC/C=C\C/C=C\C/C=C\C/C=C\C/C=C\CCCC(=O)NC(COC1OC(CO)C(OC2OC(CO)C(O)C(O)C2O)C(O)C1O)C(O)CCCCCCCCCCCCCC. The van der Waals surface area contributed by atoms with Crippen molar-refractivity contribution in [3.63, 3.8) is 0 Å². The first-order valence-corrected chi connectivity index (χ1v) is 24.0. The lowest BCUT2D eigenvalue weighted by Gasteiger charge is -2.46. The second kappa shape index (κ2) is 35.9. The van der Waals surface area contributed by atoms with Crippen molar-refractivity contribution >= 4 is 5.91 Å². The number of carbonyl (C=O) groups is 1. The van der Waals surface area contributed by atoms with E-state index in [9.17, 15) is 45.6 Å². The van der Waals surface area contributed by atoms with Crippen LogP contribution in [0.5, 0.6) is 0 Å². The maximum absolute atomic E-state index is 13.1. The van der Waals surface area contributed by atoms with E-state index in [0.29, 0.717) is 19.3 Å². The molecule has 2 heterocycles. The lowest BCUT2D eigenvalue weighted by atomic mass is 9.97. The van der Waals surface area contributed by atoms with Gasteiger partial charge in [-0.1, -0.05) is 152 Å². The molecule has 364 valence electrons. The maximum Gasteiger partial charge on any atom is 0.220 e. The van der Waals surface area contributed by atoms with Crippen LogP contribution < -0.4 is 5.32 Å². The Morgan fingerprint density at radius 2 is 1.08 bits per heavy atom. The number of ether oxygens (including phenoxy) is 4. The Balaban J connectivity index is 1.89. The number of aliphatic hydroxyl groups is 8. The van der Waals surface area contributed by atoms with Crippen molar-refractivity contribution in [1.29, 1.82) is 0 Å². The minimum absolute atomic E-state index is 0.223. The fourth-order valence-corrected chi connectivity index (χ4v) is 7.56. The van der Waals surface area contributed by atoms with Crippen LogP contribution >= 0.6 is 0 Å². The summed E-state index contributed by atoms with van der Waals surface area (Å²) in [4.78, 5) is 13.1. The Morgan fingerprint density at radius 3 is 1.62 bits per heavy atom. The largest absolute Gasteiger partial charge is 0.394 e. The van der Waals surface area contributed by atoms with Gasteiger partial charge in [0.05, 0.1) is 32.0 Å². The van der Waals surface area contributed by atoms with E-state index in [1.807, 2.05) is 6.08 Å². The zero-order chi connectivity index (χ0) is 46.1. The van der Waals surface area contributed by atoms with Gasteiger partial charge in [0.1, 0.15) is 48.8 Å². The van der Waals surface area contributed by atoms with E-state index in [0.717, 1.165) is 57.8 Å². The molecular weight excluding hydrogens is 811 g/mol. The Morgan fingerprint density at radius 1 is 0.587 bits per heavy atom. The summed E-state index contributed by atoms with van der Waals surface area (Å²) in [5.41, 5.74) is 0. The predicted octanol–water partition coefficient (Wildman–Crippen LogP) is 5.49. The highest BCUT2D eigenvalue weighted by atomic mass is 16.7. The predicted molar refractivity (Wildman–Crippen MR) is 244 cm³/mol. The third-order valence-electron chi connectivity index (χ3n) is 11.5. The highest BCUT2D eigenvalue weighted by molar-refractivity contribution is 5.76. The van der Waals surface area contributed by atoms with Gasteiger partial charge < -0.3 is 65.1 Å². The van der Waals surface area contributed by atoms with E-state index >= 15 is 0 Å². The van der Waals surface area contributed by atoms with Gasteiger partial charge in [0.2, 0.25) is 5.91 Å². The molecule has 0 aromatic rings. The minimum Gasteiger partial charge on any atom is -0.394 e. The number of unbranched alkanes of at least 4 members (excludes halogenated alkanes) is 12. The average Bonchev–Trinajstić information content (AvgIpc) is 3.28. The molecule has 12 atom stereocenters. The number of amides is 1. The molecule has 14 nitrogen and oxygen atoms in total. The van der Waals surface area contributed by atoms with Crippen LogP contribution in [0.15, 0.2) is 60.8 Å². The Labute approximate surface area is 377 Å². The van der Waals surface area contributed by atoms with Crippen LogP contribution in [0.2, 0.25) is 0 Å². The molecule has 0 spiro atoms. The van der Waals surface area contributed by atoms with Gasteiger partial charge >= 0.3 is 0 Å². The highest BCUT2D eigenvalue weighted by Crippen LogP contribution is 2.30. The van der Waals surface area contributed by atoms with E-state index in [1.54, 1.807) is 0 Å². The number of hydrogen-bond acceptors (Lipinski definition) is 13. The summed E-state index contributed by atoms with van der Waals surface area (Å²) in [6, 6.07) is -0.859. The molecular formula is C49H85NO13. The fourth-order valence-electron chi connectivity index (χ4n) is 7.56. The molecule has 0 aliphatic carbocycles. The van der Waals surface area contributed by atoms with E-state index in [4.69, 9.17) is 18.9 Å². The molecule has 2 aliphatic heterocycles. The Kier molecular flexibility index (Phi) is 32.4. The third kappa shape index (κ3) is 23.6. The normalized spacial score (nSPS) is 28.0. The Hall–Kier alpha value is -2.31. The standard InChI is InChI=1S/C49H85NO13/c1-3-5-7-9-11-13-15-17-18-19-20-21-23-25-27-29-31-33-41(54)50-37(38(53)32-30-28-26-24-22-16-14-12-10-8-6-4-2)36-60-48-46(59)44(57)47(40(35-52)62-48)63-49-45(58)43(56)42(55)39(34-51)61-49/h5,7,11,13,17-18,20-21,25,27,37-40,42-49,51-53,55-59H,3-4,6,8-10,12,14-16,19,22-24,26,28-36H2,1-2H3,(H,50,54)/b7-5-,13-11-,18-17-,21-20-,27-25-. The maximum atomic E-state index is 13.1. The summed E-state index contributed by atoms with van der Waals surface area (Å²) in [6.07, 6.45) is 25.2. The number of hydrogen-bond donors (Lipinski definition) is 9. The van der Waals surface area contributed by atoms with E-state index in [-0.39, 0.29) is 18.9 Å². The Bertz CT molecular complexity index is 1290. The second-order valence-corrected chi connectivity index (χ2v) is 16.9. The van der Waals surface area contributed by atoms with Gasteiger partial charge in [-0.25, -0.2) is 0 Å². The van der Waals surface area contributed by atoms with Crippen LogP contribution in [0, 0.1) is 0 Å². The molecule has 0 radical (unpaired) electrons. The summed E-state index contributed by atoms with van der Waals surface area (Å²) in [6.45, 7) is 2.66. The number of carbonyl (C=O) groups excluding carboxylic acids is 1. The van der Waals surface area contributed by atoms with Crippen molar-refractivity contribution in [2.24, 2.45) is 0 Å². The van der Waals surface area contributed by atoms with Crippen molar-refractivity contribution in [2.75, 3.05) is 19.8 Å². The molecule has 9 N–H and O–H groups in total. The molecule has 0 bridgehead atoms. The highest BCUT2D eigenvalue weighted by Gasteiger charge is 2.51. The smallest absolute Gasteiger partial charge is 0.220 e. The van der Waals surface area contributed by atoms with Crippen LogP contribution in [0.25, 0.3) is 0 Å². The van der Waals surface area contributed by atoms with Gasteiger partial charge in [0.25, 0.3) is 0 Å². The molecule has 0 aromatic carbocycles. The molecule has 12 unspecified atom stereocenters. The third-order valence-corrected chi connectivity index (χ3v) is 11.5. The van der Waals surface area contributed by atoms with E-state index in [1.165, 1.54) is 51.4 Å². The summed E-state index contributed by atoms with van der Waals surface area (Å²) in [5.74, 6) is -0.268. The summed E-state index contributed by atoms with van der Waals surface area (Å²) in [7, 11) is 0. The van der Waals surface area contributed by atoms with Crippen molar-refractivity contribution in [2.45, 2.75) is 222 Å². The first-order valence-electron chi connectivity index (χ1n) is 24.0. The zero-order valence-corrected chi connectivity index (χ0v) is 38.3. The molecule has 2 rings (SSSR count). The van der Waals surface area contributed by atoms with Crippen molar-refractivity contribution in [3.05, 3.63) is 60.8 Å². The molecule has 2 aliphatic rings. The number of allylic oxidation sites excluding steroid dienone is 10. The van der Waals surface area contributed by atoms with Gasteiger partial charge in [0.15, 0.2) is 12.6 Å². The van der Waals surface area contributed by atoms with E-state index < -0.39 is 86.8 Å². The lowest BCUT2D eigenvalue weighted by Crippen LogP contribution is -2.65. The summed E-state index contributed by atoms with van der Waals surface area (Å²) < 4.78 is 22.7. The quantitative estimate of drug-likeness (QED) is 0.0284. The minimum atomic E-state index is -1.79. The molecule has 1 amide bonds. The second-order valence-electron chi connectivity index (χ2n) is 16.9. The van der Waals surface area contributed by atoms with Gasteiger partial charge in [-0.3, -0.25) is 4.79 Å². The zero-order valence-electron chi connectivity index (χ0n) is 38.3. The molecule has 0 aromatic heterocycles. The topological polar surface area (TPSA) is 228 Å². The van der Waals surface area contributed by atoms with Gasteiger partial charge in [-0.05, 0) is 51.4 Å². The first kappa shape index (κ1) is 56.8. The summed E-state index contributed by atoms with van der Waals surface area (Å²) in [5, 5.41) is 86.7. The molecule has 63 heavy (non-hydrogen) atoms. The average molecular weight is 896 g/mol. The first-order chi connectivity index (χ1) is 30.6. The van der Waals surface area contributed by atoms with Crippen LogP contribution in [0.3, 0.4) is 0 Å². The molecule has 2 fully saturated rings. The van der Waals surface area contributed by atoms with Gasteiger partial charge in [-0.15, -0.1) is 0 Å². The van der Waals surface area contributed by atoms with Crippen LogP contribution in [0.1, 0.15) is 149 Å². The lowest BCUT2D eigenvalue weighted by molar-refractivity contribution is -0.359. The van der Waals surface area contributed by atoms with Crippen LogP contribution in [0.4, 0.5) is 0 Å². The molecule has 14 heteroatoms. The molecule has 2 saturated heterocycles. The summed E-state index contributed by atoms with van der Waals surface area (Å²) >= 11 is 0. The number of nitrogens with one attached hydrogen (secondary N) is 1. The van der Waals surface area contributed by atoms with E-state index in [2.05, 4.69) is 73.8 Å². The van der Waals surface area contributed by atoms with Crippen molar-refractivity contribution < 1.29 is 64.6 Å². The van der Waals surface area contributed by atoms with Gasteiger partial charge in [-0.2, -0.15) is 0 Å². The monoisotopic (exact) mass is 896 g/mol. The fraction of sp³-hybridized carbons (Fsp3) is 0.776. The van der Waals surface area contributed by atoms with Crippen LogP contribution in [-0.2, 0) is 23.7 Å². The van der Waals surface area contributed by atoms with Gasteiger partial charge in [0, 0.05) is 6.42 Å². The molecule has 0 saturated carbocycles. The van der Waals surface area contributed by atoms with Crippen LogP contribution in [-0.4, -0.2) is 140 Å². The van der Waals surface area contributed by atoms with Crippen molar-refractivity contribution in [1.82, 2.24) is 5.32 Å². The number of aliphatic hydroxyl groups excluding tert-OH is 8. The van der Waals surface area contributed by atoms with Crippen molar-refractivity contribution in [3.8, 4) is 0 Å². The number of rotatable bonds is 35.